The zero-order valence-corrected chi connectivity index (χ0v) is 30.0. The average molecular weight is 798 g/mol. The highest BCUT2D eigenvalue weighted by atomic mass is 32.2. The predicted molar refractivity (Wildman–Crippen MR) is 181 cm³/mol. The van der Waals surface area contributed by atoms with E-state index in [1.807, 2.05) is 0 Å². The van der Waals surface area contributed by atoms with Crippen molar-refractivity contribution in [3.8, 4) is 0 Å². The van der Waals surface area contributed by atoms with Crippen molar-refractivity contribution in [3.05, 3.63) is 41.1 Å². The van der Waals surface area contributed by atoms with Crippen LogP contribution in [-0.4, -0.2) is 150 Å². The Kier molecular flexibility index (Phi) is 11.4. The van der Waals surface area contributed by atoms with Crippen LogP contribution in [0.4, 0.5) is 15.3 Å². The number of carbonyl (C=O) groups is 7. The number of aliphatic carboxylic acids is 2. The van der Waals surface area contributed by atoms with Crippen molar-refractivity contribution in [3.63, 3.8) is 0 Å². The molecule has 4 atom stereocenters. The van der Waals surface area contributed by atoms with Gasteiger partial charge in [0.25, 0.3) is 11.8 Å². The number of urea groups is 1. The molecule has 7 N–H and O–H groups in total. The molecule has 3 aliphatic heterocycles. The number of carboxylic acid groups (broad SMARTS) is 2. The number of carbonyl (C=O) groups excluding carboxylic acids is 5. The summed E-state index contributed by atoms with van der Waals surface area (Å²) in [6.07, 6.45) is -0.245. The van der Waals surface area contributed by atoms with Gasteiger partial charge in [-0.3, -0.25) is 34.3 Å². The molecule has 1 aromatic heterocycles. The third kappa shape index (κ3) is 8.61. The number of aromatic nitrogens is 4. The van der Waals surface area contributed by atoms with Crippen LogP contribution >= 0.6 is 23.5 Å². The van der Waals surface area contributed by atoms with Crippen molar-refractivity contribution in [2.24, 2.45) is 12.8 Å². The summed E-state index contributed by atoms with van der Waals surface area (Å²) in [6, 6.07) is 0.0629. The van der Waals surface area contributed by atoms with Gasteiger partial charge < -0.3 is 31.3 Å². The molecule has 0 spiro atoms. The van der Waals surface area contributed by atoms with Gasteiger partial charge >= 0.3 is 24.1 Å². The van der Waals surface area contributed by atoms with Gasteiger partial charge in [-0.15, -0.1) is 16.9 Å². The maximum absolute atomic E-state index is 13.8. The van der Waals surface area contributed by atoms with Crippen LogP contribution in [0.2, 0.25) is 0 Å². The summed E-state index contributed by atoms with van der Waals surface area (Å²) in [4.78, 5) is 90.0. The Balaban J connectivity index is 1.32. The fraction of sp³-hybridized carbons (Fsp3) is 0.407. The molecule has 6 amide bonds. The van der Waals surface area contributed by atoms with Crippen molar-refractivity contribution in [1.29, 1.82) is 0 Å². The van der Waals surface area contributed by atoms with Crippen LogP contribution in [0.3, 0.4) is 0 Å². The summed E-state index contributed by atoms with van der Waals surface area (Å²) in [7, 11) is -2.39. The lowest BCUT2D eigenvalue weighted by atomic mass is 10.0. The number of aryl methyl sites for hydroxylation is 1. The number of sulfonamides is 1. The zero-order valence-electron chi connectivity index (χ0n) is 27.6. The Bertz CT molecular complexity index is 1990. The van der Waals surface area contributed by atoms with Crippen LogP contribution in [0.15, 0.2) is 40.7 Å². The van der Waals surface area contributed by atoms with Gasteiger partial charge in [0.15, 0.2) is 0 Å². The van der Waals surface area contributed by atoms with Gasteiger partial charge in [-0.2, -0.15) is 0 Å². The fourth-order valence-electron chi connectivity index (χ4n) is 5.14. The van der Waals surface area contributed by atoms with Crippen LogP contribution in [0, 0.1) is 0 Å². The van der Waals surface area contributed by atoms with E-state index in [1.54, 1.807) is 7.05 Å². The first-order valence-electron chi connectivity index (χ1n) is 15.1. The molecule has 2 saturated heterocycles. The lowest BCUT2D eigenvalue weighted by Crippen LogP contribution is -2.71. The second-order valence-corrected chi connectivity index (χ2v) is 15.5. The number of nitrogens with two attached hydrogens (primary N) is 1. The first-order valence-corrected chi connectivity index (χ1v) is 19.0. The van der Waals surface area contributed by atoms with Gasteiger partial charge in [-0.05, 0) is 33.7 Å². The highest BCUT2D eigenvalue weighted by Crippen LogP contribution is 2.41. The molecule has 0 aliphatic carbocycles. The highest BCUT2D eigenvalue weighted by molar-refractivity contribution is 8.01. The Hall–Kier alpha value is -5.47. The van der Waals surface area contributed by atoms with Gasteiger partial charge in [0.05, 0.1) is 6.26 Å². The van der Waals surface area contributed by atoms with Gasteiger partial charge in [0.1, 0.15) is 49.0 Å². The summed E-state index contributed by atoms with van der Waals surface area (Å²) in [5.41, 5.74) is 5.75. The van der Waals surface area contributed by atoms with Crippen LogP contribution in [0.1, 0.15) is 11.6 Å². The summed E-state index contributed by atoms with van der Waals surface area (Å²) in [6.45, 7) is -1.86. The normalized spacial score (nSPS) is 19.6. The molecule has 5 rings (SSSR count). The minimum atomic E-state index is -4.00. The molecular weight excluding hydrogens is 767 g/mol. The number of fused-ring (bicyclic) bond motifs is 1. The Labute approximate surface area is 307 Å². The maximum atomic E-state index is 13.8. The van der Waals surface area contributed by atoms with Crippen LogP contribution < -0.4 is 21.7 Å². The molecule has 0 radical (unpaired) electrons. The van der Waals surface area contributed by atoms with E-state index in [-0.39, 0.29) is 28.5 Å². The van der Waals surface area contributed by atoms with E-state index in [4.69, 9.17) is 15.6 Å². The van der Waals surface area contributed by atoms with Crippen LogP contribution in [0.25, 0.3) is 0 Å². The molecule has 3 aliphatic rings. The number of nitrogens with one attached hydrogen (secondary N) is 3. The molecule has 26 heteroatoms. The summed E-state index contributed by atoms with van der Waals surface area (Å²) in [5, 5.41) is 37.0. The lowest BCUT2D eigenvalue weighted by Gasteiger charge is -2.49. The smallest absolute Gasteiger partial charge is 0.411 e. The number of nitrogens with zero attached hydrogens (tertiary/aromatic N) is 7. The number of rotatable bonds is 13. The monoisotopic (exact) mass is 797 g/mol. The van der Waals surface area contributed by atoms with Crippen molar-refractivity contribution in [2.75, 3.05) is 42.9 Å². The van der Waals surface area contributed by atoms with E-state index < -0.39 is 95.1 Å². The molecule has 0 saturated carbocycles. The van der Waals surface area contributed by atoms with E-state index in [0.29, 0.717) is 15.0 Å². The molecule has 2 fully saturated rings. The minimum absolute atomic E-state index is 0.108. The van der Waals surface area contributed by atoms with Crippen LogP contribution in [-0.2, 0) is 45.8 Å². The van der Waals surface area contributed by atoms with Crippen molar-refractivity contribution < 1.29 is 56.9 Å². The molecule has 0 bridgehead atoms. The van der Waals surface area contributed by atoms with Crippen LogP contribution in [0.5, 0.6) is 0 Å². The number of hydrogen-bond donors (Lipinski definition) is 6. The second-order valence-electron chi connectivity index (χ2n) is 11.5. The number of ether oxygens (including phenoxy) is 1. The number of carboxylic acids is 2. The number of β-lactam (4-membered cyclic amide) rings is 1. The topological polar surface area (TPSA) is 319 Å². The number of thioether (sulfide) groups is 2. The van der Waals surface area contributed by atoms with Gasteiger partial charge in [-0.25, -0.2) is 31.8 Å². The SMILES string of the molecule is Cn1nnnc1SCC1=C(C(=O)O)N2C(=O)[C@@H](NC(=O)[C@@H](NC(=O)N3CC(=O)N(S(C)(=O)=O)C3)c3ccc(NC(=O)OC[C@@H](N)C(=O)O)cc3)[C@H]2SC1. The molecule has 2 aromatic rings. The molecule has 284 valence electrons. The molecule has 4 heterocycles. The van der Waals surface area contributed by atoms with E-state index in [9.17, 15) is 47.1 Å². The summed E-state index contributed by atoms with van der Waals surface area (Å²) >= 11 is 2.38. The number of amides is 6. The summed E-state index contributed by atoms with van der Waals surface area (Å²) < 4.78 is 30.7. The highest BCUT2D eigenvalue weighted by Gasteiger charge is 2.54. The van der Waals surface area contributed by atoms with Gasteiger partial charge in [0, 0.05) is 24.2 Å². The van der Waals surface area contributed by atoms with E-state index in [0.717, 1.165) is 16.1 Å². The van der Waals surface area contributed by atoms with Gasteiger partial charge in [-0.1, -0.05) is 23.9 Å². The summed E-state index contributed by atoms with van der Waals surface area (Å²) in [5.74, 6) is -4.89. The zero-order chi connectivity index (χ0) is 38.8. The number of anilines is 1. The van der Waals surface area contributed by atoms with E-state index in [2.05, 4.69) is 31.5 Å². The second kappa shape index (κ2) is 15.6. The molecular formula is C27H31N11O12S3. The van der Waals surface area contributed by atoms with Crippen molar-refractivity contribution in [1.82, 2.24) is 44.9 Å². The molecule has 1 aromatic carbocycles. The number of benzene rings is 1. The predicted octanol–water partition coefficient (Wildman–Crippen LogP) is -2.49. The van der Waals surface area contributed by atoms with Crippen molar-refractivity contribution >= 4 is 81.0 Å². The maximum Gasteiger partial charge on any atom is 0.411 e. The average Bonchev–Trinajstić information content (AvgIpc) is 3.71. The first-order chi connectivity index (χ1) is 25.0. The Morgan fingerprint density at radius 2 is 1.85 bits per heavy atom. The third-order valence-electron chi connectivity index (χ3n) is 7.83. The number of hydrogen-bond acceptors (Lipinski definition) is 16. The van der Waals surface area contributed by atoms with E-state index >= 15 is 0 Å². The molecule has 0 unspecified atom stereocenters. The van der Waals surface area contributed by atoms with E-state index in [1.165, 1.54) is 52.5 Å². The quantitative estimate of drug-likeness (QED) is 0.0902. The molecule has 23 nitrogen and oxygen atoms in total. The first kappa shape index (κ1) is 38.8. The molecule has 53 heavy (non-hydrogen) atoms. The van der Waals surface area contributed by atoms with Crippen molar-refractivity contribution in [2.45, 2.75) is 28.7 Å². The third-order valence-corrected chi connectivity index (χ3v) is 11.4. The Morgan fingerprint density at radius 1 is 1.15 bits per heavy atom. The Morgan fingerprint density at radius 3 is 2.43 bits per heavy atom. The minimum Gasteiger partial charge on any atom is -0.480 e. The fourth-order valence-corrected chi connectivity index (χ4v) is 8.25. The largest absolute Gasteiger partial charge is 0.480 e. The standard InChI is InChI=1S/C27H31N11O12S3/c1-35-26(32-33-34-35)52-10-13-9-51-22-18(21(41)38(22)19(13)24(44)45)30-20(40)17(31-25(46)36-7-16(39)37(11-36)53(2,48)49)12-3-5-14(6-4-12)29-27(47)50-8-15(28)23(42)43/h3-6,15,17-18,22H,7-11,28H2,1-2H3,(H,29,47)(H,30,40)(H,31,46)(H,42,43)(H,44,45)/t15-,17+,18-,22-/m1/s1. The number of tetrazole rings is 1. The lowest BCUT2D eigenvalue weighted by molar-refractivity contribution is -0.151. The van der Waals surface area contributed by atoms with Gasteiger partial charge in [0.2, 0.25) is 21.1 Å².